The highest BCUT2D eigenvalue weighted by Gasteiger charge is 2.36. The van der Waals surface area contributed by atoms with E-state index in [1.807, 2.05) is 66.7 Å². The molecule has 3 aromatic rings. The molecule has 27 heavy (non-hydrogen) atoms. The zero-order valence-electron chi connectivity index (χ0n) is 15.8. The van der Waals surface area contributed by atoms with Crippen LogP contribution in [-0.4, -0.2) is 5.11 Å². The van der Waals surface area contributed by atoms with E-state index in [1.165, 1.54) is 11.1 Å². The van der Waals surface area contributed by atoms with Gasteiger partial charge in [-0.15, -0.1) is 0 Å². The Balaban J connectivity index is 1.96. The monoisotopic (exact) mass is 352 g/mol. The first-order valence-corrected chi connectivity index (χ1v) is 9.41. The zero-order valence-corrected chi connectivity index (χ0v) is 15.8. The molecule has 1 nitrogen and oxygen atoms in total. The van der Waals surface area contributed by atoms with Crippen LogP contribution in [0.15, 0.2) is 108 Å². The minimum atomic E-state index is -1.20. The molecule has 0 unspecified atom stereocenters. The third-order valence-corrected chi connectivity index (χ3v) is 5.57. The van der Waals surface area contributed by atoms with E-state index < -0.39 is 5.60 Å². The topological polar surface area (TPSA) is 20.2 Å². The number of hydrogen-bond acceptors (Lipinski definition) is 1. The van der Waals surface area contributed by atoms with Crippen LogP contribution < -0.4 is 0 Å². The van der Waals surface area contributed by atoms with Gasteiger partial charge in [0.25, 0.3) is 0 Å². The number of benzene rings is 3. The van der Waals surface area contributed by atoms with Gasteiger partial charge in [-0.2, -0.15) is 0 Å². The summed E-state index contributed by atoms with van der Waals surface area (Å²) in [4.78, 5) is 0. The van der Waals surface area contributed by atoms with Crippen molar-refractivity contribution in [3.05, 3.63) is 130 Å². The number of allylic oxidation sites excluding steroid dienone is 4. The normalized spacial score (nSPS) is 14.8. The predicted molar refractivity (Wildman–Crippen MR) is 112 cm³/mol. The van der Waals surface area contributed by atoms with Gasteiger partial charge in [0, 0.05) is 5.92 Å². The van der Waals surface area contributed by atoms with E-state index in [9.17, 15) is 5.11 Å². The zero-order chi connectivity index (χ0) is 18.9. The molecule has 0 aromatic heterocycles. The Labute approximate surface area is 161 Å². The summed E-state index contributed by atoms with van der Waals surface area (Å²) < 4.78 is 0. The van der Waals surface area contributed by atoms with Gasteiger partial charge in [0.1, 0.15) is 5.60 Å². The first-order valence-electron chi connectivity index (χ1n) is 9.41. The second kappa shape index (κ2) is 7.02. The van der Waals surface area contributed by atoms with E-state index in [0.717, 1.165) is 22.3 Å². The average molecular weight is 352 g/mol. The molecular formula is C26H24O. The Morgan fingerprint density at radius 2 is 1.07 bits per heavy atom. The lowest BCUT2D eigenvalue weighted by molar-refractivity contribution is 0.124. The maximum absolute atomic E-state index is 12.2. The largest absolute Gasteiger partial charge is 0.376 e. The van der Waals surface area contributed by atoms with Crippen molar-refractivity contribution < 1.29 is 5.11 Å². The van der Waals surface area contributed by atoms with E-state index >= 15 is 0 Å². The molecule has 0 radical (unpaired) electrons. The molecule has 134 valence electrons. The highest BCUT2D eigenvalue weighted by Crippen LogP contribution is 2.42. The Morgan fingerprint density at radius 3 is 1.59 bits per heavy atom. The van der Waals surface area contributed by atoms with Crippen LogP contribution >= 0.6 is 0 Å². The SMILES string of the molecule is CC1=CC(c2ccccc2C(O)(c2ccccc2)c2ccccc2)C=C1C. The highest BCUT2D eigenvalue weighted by molar-refractivity contribution is 5.54. The van der Waals surface area contributed by atoms with Crippen molar-refractivity contribution in [2.75, 3.05) is 0 Å². The minimum Gasteiger partial charge on any atom is -0.376 e. The van der Waals surface area contributed by atoms with Crippen molar-refractivity contribution in [2.24, 2.45) is 0 Å². The van der Waals surface area contributed by atoms with Crippen molar-refractivity contribution in [1.29, 1.82) is 0 Å². The van der Waals surface area contributed by atoms with Gasteiger partial charge in [0.2, 0.25) is 0 Å². The van der Waals surface area contributed by atoms with E-state index in [4.69, 9.17) is 0 Å². The summed E-state index contributed by atoms with van der Waals surface area (Å²) in [6, 6.07) is 28.2. The lowest BCUT2D eigenvalue weighted by Gasteiger charge is -2.33. The molecule has 1 N–H and O–H groups in total. The van der Waals surface area contributed by atoms with Crippen LogP contribution in [-0.2, 0) is 5.60 Å². The quantitative estimate of drug-likeness (QED) is 0.574. The minimum absolute atomic E-state index is 0.181. The van der Waals surface area contributed by atoms with E-state index in [1.54, 1.807) is 0 Å². The maximum atomic E-state index is 12.2. The smallest absolute Gasteiger partial charge is 0.140 e. The van der Waals surface area contributed by atoms with E-state index in [-0.39, 0.29) is 5.92 Å². The van der Waals surface area contributed by atoms with Crippen molar-refractivity contribution in [3.8, 4) is 0 Å². The number of hydrogen-bond donors (Lipinski definition) is 1. The summed E-state index contributed by atoms with van der Waals surface area (Å²) in [5.41, 5.74) is 5.23. The molecule has 4 rings (SSSR count). The first-order chi connectivity index (χ1) is 13.1. The number of aliphatic hydroxyl groups is 1. The standard InChI is InChI=1S/C26H24O/c1-19-17-21(18-20(19)2)24-15-9-10-16-25(24)26(27,22-11-5-3-6-12-22)23-13-7-4-8-14-23/h3-18,21,27H,1-2H3. The Hall–Kier alpha value is -2.90. The van der Waals surface area contributed by atoms with Crippen LogP contribution in [0.3, 0.4) is 0 Å². The van der Waals surface area contributed by atoms with Gasteiger partial charge >= 0.3 is 0 Å². The summed E-state index contributed by atoms with van der Waals surface area (Å²) in [5.74, 6) is 0.181. The maximum Gasteiger partial charge on any atom is 0.140 e. The molecule has 0 saturated heterocycles. The van der Waals surface area contributed by atoms with Crippen LogP contribution in [0, 0.1) is 0 Å². The second-order valence-electron chi connectivity index (χ2n) is 7.25. The summed E-state index contributed by atoms with van der Waals surface area (Å²) in [6.07, 6.45) is 4.56. The number of rotatable bonds is 4. The molecular weight excluding hydrogens is 328 g/mol. The molecule has 0 saturated carbocycles. The lowest BCUT2D eigenvalue weighted by atomic mass is 9.76. The summed E-state index contributed by atoms with van der Waals surface area (Å²) in [7, 11) is 0. The molecule has 0 heterocycles. The van der Waals surface area contributed by atoms with Gasteiger partial charge in [0.05, 0.1) is 0 Å². The summed E-state index contributed by atoms with van der Waals surface area (Å²) in [6.45, 7) is 4.30. The Morgan fingerprint density at radius 1 is 0.630 bits per heavy atom. The molecule has 0 atom stereocenters. The van der Waals surface area contributed by atoms with Crippen LogP contribution in [0.2, 0.25) is 0 Å². The summed E-state index contributed by atoms with van der Waals surface area (Å²) >= 11 is 0. The van der Waals surface area contributed by atoms with Crippen LogP contribution in [0.1, 0.15) is 42.0 Å². The van der Waals surface area contributed by atoms with Crippen LogP contribution in [0.4, 0.5) is 0 Å². The van der Waals surface area contributed by atoms with E-state index in [0.29, 0.717) is 0 Å². The summed E-state index contributed by atoms with van der Waals surface area (Å²) in [5, 5.41) is 12.2. The average Bonchev–Trinajstić information content (AvgIpc) is 3.07. The molecule has 0 fully saturated rings. The van der Waals surface area contributed by atoms with Gasteiger partial charge in [-0.3, -0.25) is 0 Å². The highest BCUT2D eigenvalue weighted by atomic mass is 16.3. The fourth-order valence-electron chi connectivity index (χ4n) is 3.98. The molecule has 1 aliphatic carbocycles. The van der Waals surface area contributed by atoms with Gasteiger partial charge in [-0.05, 0) is 36.1 Å². The fourth-order valence-corrected chi connectivity index (χ4v) is 3.98. The fraction of sp³-hybridized carbons (Fsp3) is 0.154. The molecule has 3 aromatic carbocycles. The Bertz CT molecular complexity index is 939. The third kappa shape index (κ3) is 3.05. The van der Waals surface area contributed by atoms with Crippen LogP contribution in [0.25, 0.3) is 0 Å². The van der Waals surface area contributed by atoms with Crippen molar-refractivity contribution in [1.82, 2.24) is 0 Å². The van der Waals surface area contributed by atoms with E-state index in [2.05, 4.69) is 44.2 Å². The predicted octanol–water partition coefficient (Wildman–Crippen LogP) is 5.96. The molecule has 1 aliphatic rings. The van der Waals surface area contributed by atoms with Crippen molar-refractivity contribution >= 4 is 0 Å². The lowest BCUT2D eigenvalue weighted by Crippen LogP contribution is -2.30. The molecule has 0 bridgehead atoms. The van der Waals surface area contributed by atoms with Gasteiger partial charge < -0.3 is 5.11 Å². The third-order valence-electron chi connectivity index (χ3n) is 5.57. The second-order valence-corrected chi connectivity index (χ2v) is 7.25. The van der Waals surface area contributed by atoms with Gasteiger partial charge in [-0.1, -0.05) is 108 Å². The van der Waals surface area contributed by atoms with Crippen molar-refractivity contribution in [2.45, 2.75) is 25.4 Å². The molecule has 0 amide bonds. The molecule has 0 aliphatic heterocycles. The molecule has 0 spiro atoms. The molecule has 1 heteroatoms. The van der Waals surface area contributed by atoms with Crippen LogP contribution in [0.5, 0.6) is 0 Å². The van der Waals surface area contributed by atoms with Crippen molar-refractivity contribution in [3.63, 3.8) is 0 Å². The first kappa shape index (κ1) is 17.5. The van der Waals surface area contributed by atoms with Gasteiger partial charge in [0.15, 0.2) is 0 Å². The van der Waals surface area contributed by atoms with Gasteiger partial charge in [-0.25, -0.2) is 0 Å². The Kier molecular flexibility index (Phi) is 4.55.